The highest BCUT2D eigenvalue weighted by Gasteiger charge is 2.32. The van der Waals surface area contributed by atoms with Gasteiger partial charge in [-0.25, -0.2) is 0 Å². The first-order chi connectivity index (χ1) is 7.96. The van der Waals surface area contributed by atoms with Gasteiger partial charge in [0.05, 0.1) is 11.6 Å². The van der Waals surface area contributed by atoms with Gasteiger partial charge in [-0.3, -0.25) is 0 Å². The zero-order valence-electron chi connectivity index (χ0n) is 9.81. The third-order valence-electron chi connectivity index (χ3n) is 2.79. The van der Waals surface area contributed by atoms with Crippen molar-refractivity contribution in [2.24, 2.45) is 11.7 Å². The minimum Gasteiger partial charge on any atom is -0.393 e. The molecule has 6 nitrogen and oxygen atoms in total. The Morgan fingerprint density at radius 1 is 1.53 bits per heavy atom. The SMILES string of the molecule is COCCNS(=O)(=O)NC1CCCC1C(N)=S. The van der Waals surface area contributed by atoms with Crippen LogP contribution < -0.4 is 15.2 Å². The molecule has 1 aliphatic carbocycles. The predicted octanol–water partition coefficient (Wildman–Crippen LogP) is -0.488. The maximum absolute atomic E-state index is 11.7. The van der Waals surface area contributed by atoms with Crippen molar-refractivity contribution in [1.29, 1.82) is 0 Å². The van der Waals surface area contributed by atoms with E-state index in [1.165, 1.54) is 7.11 Å². The summed E-state index contributed by atoms with van der Waals surface area (Å²) in [6, 6.07) is -0.187. The van der Waals surface area contributed by atoms with Gasteiger partial charge in [-0.15, -0.1) is 0 Å². The highest BCUT2D eigenvalue weighted by atomic mass is 32.2. The molecule has 2 atom stereocenters. The summed E-state index contributed by atoms with van der Waals surface area (Å²) in [5.41, 5.74) is 5.58. The van der Waals surface area contributed by atoms with Gasteiger partial charge in [0.2, 0.25) is 0 Å². The van der Waals surface area contributed by atoms with Crippen LogP contribution in [0.4, 0.5) is 0 Å². The van der Waals surface area contributed by atoms with E-state index in [0.29, 0.717) is 11.6 Å². The van der Waals surface area contributed by atoms with Crippen LogP contribution in [0.1, 0.15) is 19.3 Å². The molecule has 0 aromatic rings. The summed E-state index contributed by atoms with van der Waals surface area (Å²) in [4.78, 5) is 0.382. The number of hydrogen-bond donors (Lipinski definition) is 3. The Kier molecular flexibility index (Phi) is 5.74. The third kappa shape index (κ3) is 4.84. The summed E-state index contributed by atoms with van der Waals surface area (Å²) in [6.07, 6.45) is 2.56. The molecule has 0 amide bonds. The van der Waals surface area contributed by atoms with Crippen LogP contribution in [0.2, 0.25) is 0 Å². The van der Waals surface area contributed by atoms with Gasteiger partial charge in [-0.2, -0.15) is 17.9 Å². The highest BCUT2D eigenvalue weighted by molar-refractivity contribution is 7.87. The van der Waals surface area contributed by atoms with Gasteiger partial charge in [-0.05, 0) is 12.8 Å². The average Bonchev–Trinajstić information content (AvgIpc) is 2.65. The van der Waals surface area contributed by atoms with Gasteiger partial charge in [0.25, 0.3) is 10.2 Å². The first-order valence-electron chi connectivity index (χ1n) is 5.51. The van der Waals surface area contributed by atoms with Crippen molar-refractivity contribution in [2.45, 2.75) is 25.3 Å². The van der Waals surface area contributed by atoms with Crippen LogP contribution in [0.15, 0.2) is 0 Å². The van der Waals surface area contributed by atoms with E-state index >= 15 is 0 Å². The summed E-state index contributed by atoms with van der Waals surface area (Å²) >= 11 is 4.93. The normalized spacial score (nSPS) is 25.0. The van der Waals surface area contributed by atoms with Gasteiger partial charge in [0.1, 0.15) is 0 Å². The van der Waals surface area contributed by atoms with E-state index < -0.39 is 10.2 Å². The standard InChI is InChI=1S/C9H19N3O3S2/c1-15-6-5-11-17(13,14)12-8-4-2-3-7(8)9(10)16/h7-8,11-12H,2-6H2,1H3,(H2,10,16). The van der Waals surface area contributed by atoms with Gasteiger partial charge >= 0.3 is 0 Å². The molecule has 0 aliphatic heterocycles. The minimum absolute atomic E-state index is 0.0380. The van der Waals surface area contributed by atoms with E-state index in [9.17, 15) is 8.42 Å². The van der Waals surface area contributed by atoms with Crippen LogP contribution in [0, 0.1) is 5.92 Å². The molecule has 17 heavy (non-hydrogen) atoms. The molecule has 1 aliphatic rings. The van der Waals surface area contributed by atoms with Crippen molar-refractivity contribution >= 4 is 27.4 Å². The first kappa shape index (κ1) is 14.8. The van der Waals surface area contributed by atoms with Crippen LogP contribution in [0.5, 0.6) is 0 Å². The molecule has 1 saturated carbocycles. The molecule has 0 aromatic heterocycles. The molecule has 0 aromatic carbocycles. The lowest BCUT2D eigenvalue weighted by atomic mass is 10.1. The number of rotatable bonds is 7. The average molecular weight is 281 g/mol. The van der Waals surface area contributed by atoms with Crippen LogP contribution >= 0.6 is 12.2 Å². The molecule has 0 bridgehead atoms. The number of methoxy groups -OCH3 is 1. The summed E-state index contributed by atoms with van der Waals surface area (Å²) in [7, 11) is -1.98. The second-order valence-electron chi connectivity index (χ2n) is 4.05. The molecular weight excluding hydrogens is 262 g/mol. The molecule has 100 valence electrons. The van der Waals surface area contributed by atoms with Gasteiger partial charge in [-0.1, -0.05) is 18.6 Å². The Labute approximate surface area is 107 Å². The van der Waals surface area contributed by atoms with Crippen molar-refractivity contribution < 1.29 is 13.2 Å². The third-order valence-corrected chi connectivity index (χ3v) is 4.29. The Balaban J connectivity index is 2.49. The van der Waals surface area contributed by atoms with Crippen LogP contribution in [0.3, 0.4) is 0 Å². The molecule has 0 spiro atoms. The Morgan fingerprint density at radius 2 is 2.24 bits per heavy atom. The number of hydrogen-bond acceptors (Lipinski definition) is 4. The predicted molar refractivity (Wildman–Crippen MR) is 69.8 cm³/mol. The second kappa shape index (κ2) is 6.60. The molecule has 0 heterocycles. The molecule has 0 radical (unpaired) electrons. The van der Waals surface area contributed by atoms with E-state index in [-0.39, 0.29) is 18.5 Å². The zero-order chi connectivity index (χ0) is 12.9. The van der Waals surface area contributed by atoms with Crippen LogP contribution in [0.25, 0.3) is 0 Å². The Hall–Kier alpha value is -0.280. The van der Waals surface area contributed by atoms with Crippen LogP contribution in [-0.2, 0) is 14.9 Å². The molecule has 0 saturated heterocycles. The quantitative estimate of drug-likeness (QED) is 0.432. The van der Waals surface area contributed by atoms with Crippen molar-refractivity contribution in [3.8, 4) is 0 Å². The maximum Gasteiger partial charge on any atom is 0.277 e. The summed E-state index contributed by atoms with van der Waals surface area (Å²) in [5.74, 6) is -0.0380. The smallest absolute Gasteiger partial charge is 0.277 e. The van der Waals surface area contributed by atoms with Crippen molar-refractivity contribution in [3.63, 3.8) is 0 Å². The van der Waals surface area contributed by atoms with E-state index in [1.807, 2.05) is 0 Å². The summed E-state index contributed by atoms with van der Waals surface area (Å²) in [6.45, 7) is 0.584. The lowest BCUT2D eigenvalue weighted by Gasteiger charge is -2.19. The zero-order valence-corrected chi connectivity index (χ0v) is 11.4. The monoisotopic (exact) mass is 281 g/mol. The number of ether oxygens (including phenoxy) is 1. The fourth-order valence-corrected chi connectivity index (χ4v) is 3.36. The van der Waals surface area contributed by atoms with Gasteiger partial charge in [0.15, 0.2) is 0 Å². The summed E-state index contributed by atoms with van der Waals surface area (Å²) < 4.78 is 33.1. The molecule has 4 N–H and O–H groups in total. The largest absolute Gasteiger partial charge is 0.393 e. The Bertz CT molecular complexity index is 358. The topological polar surface area (TPSA) is 93.4 Å². The first-order valence-corrected chi connectivity index (χ1v) is 7.40. The minimum atomic E-state index is -3.50. The number of nitrogens with two attached hydrogens (primary N) is 1. The van der Waals surface area contributed by atoms with E-state index in [0.717, 1.165) is 19.3 Å². The van der Waals surface area contributed by atoms with Crippen molar-refractivity contribution in [3.05, 3.63) is 0 Å². The number of thiocarbonyl (C=S) groups is 1. The van der Waals surface area contributed by atoms with E-state index in [4.69, 9.17) is 22.7 Å². The van der Waals surface area contributed by atoms with Gasteiger partial charge < -0.3 is 10.5 Å². The van der Waals surface area contributed by atoms with Gasteiger partial charge in [0, 0.05) is 25.6 Å². The molecule has 1 fully saturated rings. The fourth-order valence-electron chi connectivity index (χ4n) is 1.96. The van der Waals surface area contributed by atoms with E-state index in [2.05, 4.69) is 9.44 Å². The lowest BCUT2D eigenvalue weighted by Crippen LogP contribution is -2.47. The number of nitrogens with one attached hydrogen (secondary N) is 2. The van der Waals surface area contributed by atoms with Crippen LogP contribution in [-0.4, -0.2) is 39.7 Å². The lowest BCUT2D eigenvalue weighted by molar-refractivity contribution is 0.204. The van der Waals surface area contributed by atoms with Crippen molar-refractivity contribution in [2.75, 3.05) is 20.3 Å². The fraction of sp³-hybridized carbons (Fsp3) is 0.889. The summed E-state index contributed by atoms with van der Waals surface area (Å²) in [5, 5.41) is 0. The second-order valence-corrected chi connectivity index (χ2v) is 6.06. The molecular formula is C9H19N3O3S2. The molecule has 8 heteroatoms. The Morgan fingerprint density at radius 3 is 2.82 bits per heavy atom. The highest BCUT2D eigenvalue weighted by Crippen LogP contribution is 2.26. The molecule has 2 unspecified atom stereocenters. The van der Waals surface area contributed by atoms with E-state index in [1.54, 1.807) is 0 Å². The maximum atomic E-state index is 11.7. The molecule has 1 rings (SSSR count). The van der Waals surface area contributed by atoms with Crippen molar-refractivity contribution in [1.82, 2.24) is 9.44 Å².